The predicted octanol–water partition coefficient (Wildman–Crippen LogP) is 2.23. The largest absolute Gasteiger partial charge is 0.382 e. The lowest BCUT2D eigenvalue weighted by Gasteiger charge is -2.34. The molecule has 1 unspecified atom stereocenters. The van der Waals surface area contributed by atoms with Crippen molar-refractivity contribution in [1.29, 1.82) is 0 Å². The van der Waals surface area contributed by atoms with Gasteiger partial charge in [-0.3, -0.25) is 9.78 Å². The van der Waals surface area contributed by atoms with Gasteiger partial charge in [-0.25, -0.2) is 9.99 Å². The second kappa shape index (κ2) is 7.11. The molecule has 1 amide bonds. The summed E-state index contributed by atoms with van der Waals surface area (Å²) in [6.45, 7) is 1.53. The molecule has 2 N–H and O–H groups in total. The molecule has 1 atom stereocenters. The van der Waals surface area contributed by atoms with Crippen molar-refractivity contribution in [2.45, 2.75) is 25.3 Å². The fourth-order valence-corrected chi connectivity index (χ4v) is 3.64. The number of nitrogens with zero attached hydrogens (tertiary/aromatic N) is 5. The van der Waals surface area contributed by atoms with E-state index in [-0.39, 0.29) is 17.9 Å². The molecular formula is C19H22N6O. The minimum atomic E-state index is -0.0123. The highest BCUT2D eigenvalue weighted by Crippen LogP contribution is 2.32. The number of carbonyl (C=O) groups is 1. The van der Waals surface area contributed by atoms with E-state index >= 15 is 0 Å². The summed E-state index contributed by atoms with van der Waals surface area (Å²) in [5.74, 6) is 1.29. The number of anilines is 2. The zero-order chi connectivity index (χ0) is 17.9. The van der Waals surface area contributed by atoms with Crippen molar-refractivity contribution in [2.75, 3.05) is 23.7 Å². The third-order valence-corrected chi connectivity index (χ3v) is 5.05. The first-order chi connectivity index (χ1) is 12.7. The Morgan fingerprint density at radius 1 is 1.12 bits per heavy atom. The van der Waals surface area contributed by atoms with Gasteiger partial charge in [-0.2, -0.15) is 5.10 Å². The Morgan fingerprint density at radius 3 is 2.62 bits per heavy atom. The van der Waals surface area contributed by atoms with Crippen LogP contribution in [0.15, 0.2) is 47.8 Å². The number of nitrogens with two attached hydrogens (primary N) is 1. The van der Waals surface area contributed by atoms with Crippen molar-refractivity contribution in [3.63, 3.8) is 0 Å². The Balaban J connectivity index is 1.41. The summed E-state index contributed by atoms with van der Waals surface area (Å²) in [6, 6.07) is 10.1. The van der Waals surface area contributed by atoms with Gasteiger partial charge < -0.3 is 10.6 Å². The number of benzene rings is 1. The van der Waals surface area contributed by atoms with Crippen LogP contribution in [0, 0.1) is 5.92 Å². The second-order valence-electron chi connectivity index (χ2n) is 6.71. The molecule has 0 bridgehead atoms. The Bertz CT molecular complexity index is 801. The normalized spacial score (nSPS) is 20.5. The van der Waals surface area contributed by atoms with Gasteiger partial charge in [0.15, 0.2) is 0 Å². The first kappa shape index (κ1) is 16.5. The summed E-state index contributed by atoms with van der Waals surface area (Å²) in [5.41, 5.74) is 6.85. The average molecular weight is 350 g/mol. The summed E-state index contributed by atoms with van der Waals surface area (Å²) in [7, 11) is 0. The van der Waals surface area contributed by atoms with Crippen LogP contribution in [0.25, 0.3) is 0 Å². The molecule has 1 saturated heterocycles. The monoisotopic (exact) mass is 350 g/mol. The van der Waals surface area contributed by atoms with E-state index in [4.69, 9.17) is 5.73 Å². The van der Waals surface area contributed by atoms with Crippen molar-refractivity contribution in [3.8, 4) is 0 Å². The lowest BCUT2D eigenvalue weighted by Crippen LogP contribution is -2.41. The number of hydrogen-bond acceptors (Lipinski definition) is 6. The Labute approximate surface area is 152 Å². The summed E-state index contributed by atoms with van der Waals surface area (Å²) >= 11 is 0. The fraction of sp³-hybridized carbons (Fsp3) is 0.368. The smallest absolute Gasteiger partial charge is 0.246 e. The van der Waals surface area contributed by atoms with Crippen LogP contribution >= 0.6 is 0 Å². The molecule has 7 nitrogen and oxygen atoms in total. The number of aromatic nitrogens is 2. The highest BCUT2D eigenvalue weighted by Gasteiger charge is 2.34. The molecule has 1 aromatic heterocycles. The van der Waals surface area contributed by atoms with Crippen molar-refractivity contribution in [3.05, 3.63) is 48.3 Å². The van der Waals surface area contributed by atoms with Gasteiger partial charge in [0, 0.05) is 31.6 Å². The van der Waals surface area contributed by atoms with E-state index in [2.05, 4.69) is 32.1 Å². The number of piperidine rings is 1. The molecule has 26 heavy (non-hydrogen) atoms. The maximum absolute atomic E-state index is 13.0. The lowest BCUT2D eigenvalue weighted by atomic mass is 9.94. The maximum Gasteiger partial charge on any atom is 0.246 e. The molecule has 0 saturated carbocycles. The fourth-order valence-electron chi connectivity index (χ4n) is 3.64. The zero-order valence-corrected chi connectivity index (χ0v) is 14.5. The quantitative estimate of drug-likeness (QED) is 0.917. The van der Waals surface area contributed by atoms with Crippen molar-refractivity contribution in [2.24, 2.45) is 11.0 Å². The van der Waals surface area contributed by atoms with E-state index in [1.165, 1.54) is 6.20 Å². The van der Waals surface area contributed by atoms with E-state index in [0.717, 1.165) is 43.7 Å². The highest BCUT2D eigenvalue weighted by molar-refractivity contribution is 5.82. The third-order valence-electron chi connectivity index (χ3n) is 5.05. The summed E-state index contributed by atoms with van der Waals surface area (Å²) < 4.78 is 0. The minimum absolute atomic E-state index is 0.0123. The van der Waals surface area contributed by atoms with E-state index in [0.29, 0.717) is 5.82 Å². The molecule has 0 spiro atoms. The molecule has 0 radical (unpaired) electrons. The number of amides is 1. The van der Waals surface area contributed by atoms with Crippen LogP contribution in [-0.4, -0.2) is 40.2 Å². The highest BCUT2D eigenvalue weighted by atomic mass is 16.2. The molecule has 2 aromatic rings. The van der Waals surface area contributed by atoms with Gasteiger partial charge >= 0.3 is 0 Å². The standard InChI is InChI=1S/C19H22N6O/c20-17-12-21-13-18(23-17)24-10-7-15(8-11-24)19(26)25-16(6-9-22-25)14-4-2-1-3-5-14/h1-5,9,12-13,15-16H,6-8,10-11H2,(H2,20,23). The number of nitrogen functional groups attached to an aromatic ring is 1. The molecule has 7 heteroatoms. The third kappa shape index (κ3) is 3.24. The lowest BCUT2D eigenvalue weighted by molar-refractivity contribution is -0.138. The van der Waals surface area contributed by atoms with E-state index in [1.807, 2.05) is 24.4 Å². The molecular weight excluding hydrogens is 328 g/mol. The predicted molar refractivity (Wildman–Crippen MR) is 101 cm³/mol. The number of hydrazone groups is 1. The van der Waals surface area contributed by atoms with E-state index < -0.39 is 0 Å². The van der Waals surface area contributed by atoms with Crippen LogP contribution < -0.4 is 10.6 Å². The molecule has 134 valence electrons. The summed E-state index contributed by atoms with van der Waals surface area (Å²) in [4.78, 5) is 23.6. The molecule has 2 aliphatic heterocycles. The Kier molecular flexibility index (Phi) is 4.51. The van der Waals surface area contributed by atoms with E-state index in [9.17, 15) is 4.79 Å². The van der Waals surface area contributed by atoms with Crippen LogP contribution in [0.2, 0.25) is 0 Å². The van der Waals surface area contributed by atoms with Crippen LogP contribution in [0.3, 0.4) is 0 Å². The van der Waals surface area contributed by atoms with Crippen molar-refractivity contribution >= 4 is 23.8 Å². The summed E-state index contributed by atoms with van der Waals surface area (Å²) in [6.07, 6.45) is 7.43. The second-order valence-corrected chi connectivity index (χ2v) is 6.71. The average Bonchev–Trinajstić information content (AvgIpc) is 3.18. The minimum Gasteiger partial charge on any atom is -0.382 e. The number of rotatable bonds is 3. The summed E-state index contributed by atoms with van der Waals surface area (Å²) in [5, 5.41) is 6.04. The van der Waals surface area contributed by atoms with Crippen LogP contribution in [0.1, 0.15) is 30.9 Å². The van der Waals surface area contributed by atoms with Crippen molar-refractivity contribution < 1.29 is 4.79 Å². The van der Waals surface area contributed by atoms with Gasteiger partial charge in [0.2, 0.25) is 5.91 Å². The first-order valence-corrected chi connectivity index (χ1v) is 8.95. The van der Waals surface area contributed by atoms with Gasteiger partial charge in [-0.15, -0.1) is 0 Å². The van der Waals surface area contributed by atoms with Gasteiger partial charge in [0.05, 0.1) is 18.4 Å². The van der Waals surface area contributed by atoms with Gasteiger partial charge in [-0.05, 0) is 18.4 Å². The van der Waals surface area contributed by atoms with Crippen LogP contribution in [0.4, 0.5) is 11.6 Å². The molecule has 1 fully saturated rings. The van der Waals surface area contributed by atoms with E-state index in [1.54, 1.807) is 11.2 Å². The SMILES string of the molecule is Nc1cncc(N2CCC(C(=O)N3N=CCC3c3ccccc3)CC2)n1. The number of carbonyl (C=O) groups excluding carboxylic acids is 1. The molecule has 1 aromatic carbocycles. The Morgan fingerprint density at radius 2 is 1.88 bits per heavy atom. The van der Waals surface area contributed by atoms with Gasteiger partial charge in [0.1, 0.15) is 11.6 Å². The molecule has 4 rings (SSSR count). The maximum atomic E-state index is 13.0. The van der Waals surface area contributed by atoms with Gasteiger partial charge in [0.25, 0.3) is 0 Å². The van der Waals surface area contributed by atoms with Crippen LogP contribution in [-0.2, 0) is 4.79 Å². The topological polar surface area (TPSA) is 87.7 Å². The van der Waals surface area contributed by atoms with Crippen molar-refractivity contribution in [1.82, 2.24) is 15.0 Å². The first-order valence-electron chi connectivity index (χ1n) is 8.95. The molecule has 0 aliphatic carbocycles. The zero-order valence-electron chi connectivity index (χ0n) is 14.5. The number of hydrogen-bond donors (Lipinski definition) is 1. The Hall–Kier alpha value is -2.96. The van der Waals surface area contributed by atoms with Gasteiger partial charge in [-0.1, -0.05) is 30.3 Å². The molecule has 3 heterocycles. The molecule has 2 aliphatic rings. The van der Waals surface area contributed by atoms with Crippen LogP contribution in [0.5, 0.6) is 0 Å².